The van der Waals surface area contributed by atoms with Crippen molar-refractivity contribution in [2.45, 2.75) is 52.6 Å². The number of rotatable bonds is 7. The number of thioether (sulfide) groups is 1. The Hall–Kier alpha value is -3.09. The number of carbonyl (C=O) groups is 1. The number of nitriles is 1. The molecule has 0 N–H and O–H groups in total. The van der Waals surface area contributed by atoms with Gasteiger partial charge in [-0.2, -0.15) is 5.26 Å². The molecule has 188 valence electrons. The quantitative estimate of drug-likeness (QED) is 0.380. The Kier molecular flexibility index (Phi) is 8.17. The fourth-order valence-electron chi connectivity index (χ4n) is 4.70. The van der Waals surface area contributed by atoms with Gasteiger partial charge in [-0.3, -0.25) is 19.1 Å². The minimum Gasteiger partial charge on any atom is -0.497 e. The lowest BCUT2D eigenvalue weighted by Gasteiger charge is -2.33. The fraction of sp³-hybridized carbons (Fsp3) is 0.407. The predicted molar refractivity (Wildman–Crippen MR) is 148 cm³/mol. The van der Waals surface area contributed by atoms with E-state index in [1.165, 1.54) is 11.8 Å². The van der Waals surface area contributed by atoms with E-state index in [1.807, 2.05) is 37.3 Å². The van der Waals surface area contributed by atoms with Crippen molar-refractivity contribution in [3.63, 3.8) is 0 Å². The molecule has 2 fully saturated rings. The van der Waals surface area contributed by atoms with Gasteiger partial charge >= 0.3 is 0 Å². The van der Waals surface area contributed by atoms with E-state index in [0.29, 0.717) is 27.9 Å². The number of piperidine rings is 1. The van der Waals surface area contributed by atoms with E-state index >= 15 is 0 Å². The highest BCUT2D eigenvalue weighted by Crippen LogP contribution is 2.37. The van der Waals surface area contributed by atoms with Crippen LogP contribution >= 0.6 is 24.0 Å². The number of pyridine rings is 1. The molecular weight excluding hydrogens is 492 g/mol. The molecule has 2 aliphatic rings. The normalized spacial score (nSPS) is 17.1. The smallest absolute Gasteiger partial charge is 0.270 e. The van der Waals surface area contributed by atoms with Crippen molar-refractivity contribution in [3.05, 3.63) is 61.8 Å². The van der Waals surface area contributed by atoms with E-state index in [2.05, 4.69) is 11.0 Å². The highest BCUT2D eigenvalue weighted by atomic mass is 32.2. The highest BCUT2D eigenvalue weighted by molar-refractivity contribution is 8.26. The standard InChI is InChI=1S/C27H30N4O3S2/c1-4-12-30-24(29-13-6-5-7-14-29)21(18(2)22(16-28)25(30)32)15-23-26(33)31(27(35)36-23)17-19-8-10-20(34-3)11-9-19/h8-11,15H,4-7,12-14,17H2,1-3H3/b23-15+. The van der Waals surface area contributed by atoms with Gasteiger partial charge in [0.2, 0.25) is 0 Å². The zero-order valence-electron chi connectivity index (χ0n) is 20.9. The number of ether oxygens (including phenoxy) is 1. The number of methoxy groups -OCH3 is 1. The molecule has 0 radical (unpaired) electrons. The number of benzene rings is 1. The van der Waals surface area contributed by atoms with Gasteiger partial charge in [0.1, 0.15) is 27.5 Å². The van der Waals surface area contributed by atoms with Gasteiger partial charge in [-0.1, -0.05) is 43.0 Å². The number of hydrogen-bond donors (Lipinski definition) is 0. The van der Waals surface area contributed by atoms with Gasteiger partial charge in [0.05, 0.1) is 18.6 Å². The summed E-state index contributed by atoms with van der Waals surface area (Å²) in [7, 11) is 1.61. The van der Waals surface area contributed by atoms with Crippen LogP contribution in [0.25, 0.3) is 6.08 Å². The van der Waals surface area contributed by atoms with Crippen molar-refractivity contribution in [2.75, 3.05) is 25.1 Å². The molecule has 7 nitrogen and oxygen atoms in total. The first-order valence-corrected chi connectivity index (χ1v) is 13.4. The van der Waals surface area contributed by atoms with Gasteiger partial charge in [0.15, 0.2) is 0 Å². The van der Waals surface area contributed by atoms with E-state index in [1.54, 1.807) is 23.5 Å². The number of anilines is 1. The number of thiocarbonyl (C=S) groups is 1. The summed E-state index contributed by atoms with van der Waals surface area (Å²) in [5.41, 5.74) is 2.18. The monoisotopic (exact) mass is 522 g/mol. The van der Waals surface area contributed by atoms with Crippen LogP contribution in [-0.4, -0.2) is 39.9 Å². The zero-order valence-corrected chi connectivity index (χ0v) is 22.5. The first kappa shape index (κ1) is 26.0. The van der Waals surface area contributed by atoms with Crippen LogP contribution in [0, 0.1) is 18.3 Å². The molecule has 2 aliphatic heterocycles. The number of carbonyl (C=O) groups excluding carboxylic acids is 1. The van der Waals surface area contributed by atoms with Gasteiger partial charge in [0, 0.05) is 25.2 Å². The molecule has 1 aromatic heterocycles. The molecule has 0 unspecified atom stereocenters. The Morgan fingerprint density at radius 3 is 2.47 bits per heavy atom. The lowest BCUT2D eigenvalue weighted by atomic mass is 10.0. The highest BCUT2D eigenvalue weighted by Gasteiger charge is 2.33. The van der Waals surface area contributed by atoms with E-state index in [9.17, 15) is 14.9 Å². The maximum absolute atomic E-state index is 13.5. The van der Waals surface area contributed by atoms with E-state index in [-0.39, 0.29) is 17.0 Å². The van der Waals surface area contributed by atoms with Crippen LogP contribution in [0.3, 0.4) is 0 Å². The molecule has 2 saturated heterocycles. The van der Waals surface area contributed by atoms with Crippen LogP contribution < -0.4 is 15.2 Å². The summed E-state index contributed by atoms with van der Waals surface area (Å²) in [6, 6.07) is 9.66. The second-order valence-electron chi connectivity index (χ2n) is 8.97. The Labute approximate surface area is 221 Å². The largest absolute Gasteiger partial charge is 0.497 e. The summed E-state index contributed by atoms with van der Waals surface area (Å²) in [6.07, 6.45) is 5.84. The van der Waals surface area contributed by atoms with Crippen LogP contribution in [-0.2, 0) is 17.9 Å². The van der Waals surface area contributed by atoms with E-state index in [4.69, 9.17) is 17.0 Å². The summed E-state index contributed by atoms with van der Waals surface area (Å²) in [5, 5.41) is 9.81. The van der Waals surface area contributed by atoms with Crippen LogP contribution in [0.5, 0.6) is 5.75 Å². The van der Waals surface area contributed by atoms with Crippen molar-refractivity contribution >= 4 is 46.1 Å². The second-order valence-corrected chi connectivity index (χ2v) is 10.6. The van der Waals surface area contributed by atoms with Crippen molar-refractivity contribution in [2.24, 2.45) is 0 Å². The van der Waals surface area contributed by atoms with E-state index in [0.717, 1.165) is 61.5 Å². The maximum Gasteiger partial charge on any atom is 0.270 e. The average Bonchev–Trinajstić information content (AvgIpc) is 3.15. The number of hydrogen-bond acceptors (Lipinski definition) is 7. The van der Waals surface area contributed by atoms with Gasteiger partial charge in [-0.15, -0.1) is 0 Å². The Balaban J connectivity index is 1.77. The van der Waals surface area contributed by atoms with Gasteiger partial charge in [-0.05, 0) is 61.9 Å². The van der Waals surface area contributed by atoms with Crippen LogP contribution in [0.2, 0.25) is 0 Å². The number of amides is 1. The summed E-state index contributed by atoms with van der Waals surface area (Å²) in [6.45, 7) is 6.37. The number of aromatic nitrogens is 1. The molecule has 1 aromatic carbocycles. The lowest BCUT2D eigenvalue weighted by Crippen LogP contribution is -2.37. The van der Waals surface area contributed by atoms with Crippen LogP contribution in [0.1, 0.15) is 54.9 Å². The first-order chi connectivity index (χ1) is 17.4. The summed E-state index contributed by atoms with van der Waals surface area (Å²) in [5.74, 6) is 1.38. The Morgan fingerprint density at radius 1 is 1.17 bits per heavy atom. The summed E-state index contributed by atoms with van der Waals surface area (Å²) in [4.78, 5) is 31.0. The van der Waals surface area contributed by atoms with Gasteiger partial charge in [0.25, 0.3) is 11.5 Å². The summed E-state index contributed by atoms with van der Waals surface area (Å²) >= 11 is 6.83. The van der Waals surface area contributed by atoms with Crippen molar-refractivity contribution in [3.8, 4) is 11.8 Å². The summed E-state index contributed by atoms with van der Waals surface area (Å²) < 4.78 is 7.43. The first-order valence-electron chi connectivity index (χ1n) is 12.2. The maximum atomic E-state index is 13.5. The molecular formula is C27H30N4O3S2. The topological polar surface area (TPSA) is 78.6 Å². The third-order valence-corrected chi connectivity index (χ3v) is 7.98. The molecule has 9 heteroatoms. The van der Waals surface area contributed by atoms with Crippen molar-refractivity contribution < 1.29 is 9.53 Å². The minimum atomic E-state index is -0.262. The lowest BCUT2D eigenvalue weighted by molar-refractivity contribution is -0.122. The average molecular weight is 523 g/mol. The molecule has 2 aromatic rings. The predicted octanol–water partition coefficient (Wildman–Crippen LogP) is 4.84. The van der Waals surface area contributed by atoms with Crippen molar-refractivity contribution in [1.29, 1.82) is 5.26 Å². The number of nitrogens with zero attached hydrogens (tertiary/aromatic N) is 4. The van der Waals surface area contributed by atoms with Crippen molar-refractivity contribution in [1.82, 2.24) is 9.47 Å². The molecule has 0 spiro atoms. The molecule has 0 saturated carbocycles. The Bertz CT molecular complexity index is 1300. The van der Waals surface area contributed by atoms with Gasteiger partial charge in [-0.25, -0.2) is 0 Å². The molecule has 1 amide bonds. The Morgan fingerprint density at radius 2 is 1.86 bits per heavy atom. The molecule has 3 heterocycles. The fourth-order valence-corrected chi connectivity index (χ4v) is 5.94. The molecule has 0 atom stereocenters. The molecule has 0 aliphatic carbocycles. The SMILES string of the molecule is CCCn1c(N2CCCCC2)c(/C=C2/SC(=S)N(Cc3ccc(OC)cc3)C2=O)c(C)c(C#N)c1=O. The molecule has 0 bridgehead atoms. The van der Waals surface area contributed by atoms with Crippen LogP contribution in [0.15, 0.2) is 34.0 Å². The zero-order chi connectivity index (χ0) is 25.8. The van der Waals surface area contributed by atoms with Crippen LogP contribution in [0.4, 0.5) is 5.82 Å². The minimum absolute atomic E-state index is 0.129. The van der Waals surface area contributed by atoms with Gasteiger partial charge < -0.3 is 9.64 Å². The second kappa shape index (κ2) is 11.3. The molecule has 4 rings (SSSR count). The molecule has 36 heavy (non-hydrogen) atoms. The van der Waals surface area contributed by atoms with E-state index < -0.39 is 0 Å². The third-order valence-electron chi connectivity index (χ3n) is 6.60. The third kappa shape index (κ3) is 5.06.